The number of allylic oxidation sites excluding steroid dienone is 4. The van der Waals surface area contributed by atoms with Gasteiger partial charge in [-0.25, -0.2) is 0 Å². The van der Waals surface area contributed by atoms with Gasteiger partial charge in [0.1, 0.15) is 0 Å². The number of hydrogen-bond donors (Lipinski definition) is 0. The van der Waals surface area contributed by atoms with Gasteiger partial charge in [-0.05, 0) is 44.9 Å². The van der Waals surface area contributed by atoms with Crippen LogP contribution in [0.1, 0.15) is 213 Å². The van der Waals surface area contributed by atoms with Crippen molar-refractivity contribution in [2.45, 2.75) is 237 Å². The van der Waals surface area contributed by atoms with Gasteiger partial charge in [-0.3, -0.25) is 0 Å². The Morgan fingerprint density at radius 3 is 1.41 bits per heavy atom. The van der Waals surface area contributed by atoms with E-state index in [1.807, 2.05) is 0 Å². The average molecular weight is 709 g/mol. The van der Waals surface area contributed by atoms with E-state index in [4.69, 9.17) is 9.47 Å². The van der Waals surface area contributed by atoms with E-state index >= 15 is 0 Å². The van der Waals surface area contributed by atoms with Gasteiger partial charge in [0.15, 0.2) is 5.79 Å². The van der Waals surface area contributed by atoms with E-state index in [2.05, 4.69) is 66.2 Å². The van der Waals surface area contributed by atoms with Crippen LogP contribution in [0.3, 0.4) is 0 Å². The summed E-state index contributed by atoms with van der Waals surface area (Å²) in [7, 11) is 7.00. The normalized spacial score (nSPS) is 23.1. The Morgan fingerprint density at radius 2 is 0.939 bits per heavy atom. The van der Waals surface area contributed by atoms with E-state index < -0.39 is 0 Å². The molecule has 290 valence electrons. The van der Waals surface area contributed by atoms with Crippen molar-refractivity contribution < 1.29 is 26.4 Å². The number of unbranched alkanes of at least 4 members (excludes halogenated alkanes) is 22. The fraction of sp³-hybridized carbons (Fsp3) is 0.911. The Labute approximate surface area is 314 Å². The maximum atomic E-state index is 7.01. The molecular weight excluding hydrogens is 622 g/mol. The first-order valence-corrected chi connectivity index (χ1v) is 21.8. The Bertz CT molecular complexity index is 790. The largest absolute Gasteiger partial charge is 1.00 e. The van der Waals surface area contributed by atoms with Crippen molar-refractivity contribution >= 4 is 0 Å². The molecule has 2 aliphatic rings. The van der Waals surface area contributed by atoms with Crippen molar-refractivity contribution in [1.82, 2.24) is 0 Å². The zero-order valence-corrected chi connectivity index (χ0v) is 34.7. The highest BCUT2D eigenvalue weighted by Crippen LogP contribution is 2.47. The van der Waals surface area contributed by atoms with Crippen LogP contribution in [0.15, 0.2) is 24.3 Å². The average Bonchev–Trinajstić information content (AvgIpc) is 3.62. The number of hydrogen-bond acceptors (Lipinski definition) is 2. The highest BCUT2D eigenvalue weighted by atomic mass is 35.5. The second-order valence-corrected chi connectivity index (χ2v) is 17.0. The Balaban J connectivity index is 0.0000120. The molecule has 1 heterocycles. The van der Waals surface area contributed by atoms with E-state index in [9.17, 15) is 0 Å². The fourth-order valence-electron chi connectivity index (χ4n) is 8.18. The first-order valence-electron chi connectivity index (χ1n) is 21.8. The SMILES string of the molecule is CCCCC/C=C\C/C=C\CCCCCCCCC1(C(C)CCCCCCCCCCCCCCCC)O[C@H]2C[C@H]([N+](C)(C)C)C[C@H]2O1.[Cl-]. The summed E-state index contributed by atoms with van der Waals surface area (Å²) < 4.78 is 15.0. The van der Waals surface area contributed by atoms with E-state index in [1.54, 1.807) is 0 Å². The van der Waals surface area contributed by atoms with Crippen molar-refractivity contribution in [1.29, 1.82) is 0 Å². The van der Waals surface area contributed by atoms with Gasteiger partial charge < -0.3 is 26.4 Å². The third kappa shape index (κ3) is 21.1. The number of nitrogens with zero attached hydrogens (tertiary/aromatic N) is 1. The lowest BCUT2D eigenvalue weighted by Crippen LogP contribution is -3.00. The molecule has 3 nitrogen and oxygen atoms in total. The minimum atomic E-state index is -0.336. The molecule has 0 aromatic heterocycles. The van der Waals surface area contributed by atoms with Crippen LogP contribution in [0.25, 0.3) is 0 Å². The third-order valence-corrected chi connectivity index (χ3v) is 11.7. The zero-order chi connectivity index (χ0) is 34.8. The lowest BCUT2D eigenvalue weighted by atomic mass is 9.89. The minimum absolute atomic E-state index is 0. The van der Waals surface area contributed by atoms with Crippen LogP contribution in [-0.4, -0.2) is 49.7 Å². The summed E-state index contributed by atoms with van der Waals surface area (Å²) >= 11 is 0. The van der Waals surface area contributed by atoms with Gasteiger partial charge in [-0.2, -0.15) is 0 Å². The molecule has 1 aliphatic heterocycles. The minimum Gasteiger partial charge on any atom is -1.00 e. The number of ether oxygens (including phenoxy) is 2. The van der Waals surface area contributed by atoms with E-state index in [0.29, 0.717) is 24.2 Å². The summed E-state index contributed by atoms with van der Waals surface area (Å²) in [6, 6.07) is 0.654. The van der Waals surface area contributed by atoms with E-state index in [-0.39, 0.29) is 18.2 Å². The maximum absolute atomic E-state index is 7.01. The molecule has 1 saturated carbocycles. The van der Waals surface area contributed by atoms with Crippen LogP contribution in [-0.2, 0) is 9.47 Å². The van der Waals surface area contributed by atoms with Gasteiger partial charge in [0.25, 0.3) is 0 Å². The summed E-state index contributed by atoms with van der Waals surface area (Å²) in [6.07, 6.45) is 50.2. The number of quaternary nitrogens is 1. The molecule has 5 atom stereocenters. The molecule has 0 bridgehead atoms. The smallest absolute Gasteiger partial charge is 0.171 e. The molecule has 0 radical (unpaired) electrons. The van der Waals surface area contributed by atoms with Crippen LogP contribution < -0.4 is 12.4 Å². The summed E-state index contributed by atoms with van der Waals surface area (Å²) in [5.41, 5.74) is 0. The van der Waals surface area contributed by atoms with Crippen molar-refractivity contribution in [3.63, 3.8) is 0 Å². The van der Waals surface area contributed by atoms with Crippen LogP contribution >= 0.6 is 0 Å². The third-order valence-electron chi connectivity index (χ3n) is 11.7. The first kappa shape index (κ1) is 46.7. The highest BCUT2D eigenvalue weighted by Gasteiger charge is 2.55. The van der Waals surface area contributed by atoms with Crippen molar-refractivity contribution in [2.24, 2.45) is 5.92 Å². The monoisotopic (exact) mass is 708 g/mol. The van der Waals surface area contributed by atoms with E-state index in [1.165, 1.54) is 167 Å². The van der Waals surface area contributed by atoms with Gasteiger partial charge in [-0.1, -0.05) is 173 Å². The molecule has 2 fully saturated rings. The van der Waals surface area contributed by atoms with Gasteiger partial charge in [0.05, 0.1) is 39.4 Å². The van der Waals surface area contributed by atoms with Gasteiger partial charge in [-0.15, -0.1) is 0 Å². The number of rotatable bonds is 32. The molecule has 2 unspecified atom stereocenters. The Hall–Kier alpha value is -0.350. The summed E-state index contributed by atoms with van der Waals surface area (Å²) in [4.78, 5) is 0. The van der Waals surface area contributed by atoms with Crippen molar-refractivity contribution in [3.05, 3.63) is 24.3 Å². The lowest BCUT2D eigenvalue weighted by molar-refractivity contribution is -0.895. The number of halogens is 1. The van der Waals surface area contributed by atoms with Crippen molar-refractivity contribution in [2.75, 3.05) is 21.1 Å². The van der Waals surface area contributed by atoms with Crippen molar-refractivity contribution in [3.8, 4) is 0 Å². The predicted octanol–water partition coefficient (Wildman–Crippen LogP) is 11.1. The van der Waals surface area contributed by atoms with Crippen LogP contribution in [0, 0.1) is 5.92 Å². The second kappa shape index (κ2) is 29.1. The standard InChI is InChI=1S/C45H86NO2.ClH/c1-7-9-11-13-15-17-19-21-23-24-26-28-30-32-34-36-38-45(47-43-39-42(46(4,5)6)40-44(43)48-45)41(3)37-35-33-31-29-27-25-22-20-18-16-14-12-10-8-2;/h15,17,21,23,41-44H,7-14,16,18-20,22,24-40H2,1-6H3;1H/q+1;/p-1/b17-15-,23-21-;/t41?,42-,43-,44+,45?;. The summed E-state index contributed by atoms with van der Waals surface area (Å²) in [5, 5.41) is 0. The Kier molecular flexibility index (Phi) is 27.8. The molecule has 2 rings (SSSR count). The van der Waals surface area contributed by atoms with Gasteiger partial charge >= 0.3 is 0 Å². The first-order chi connectivity index (χ1) is 23.3. The Morgan fingerprint density at radius 1 is 0.551 bits per heavy atom. The molecule has 4 heteroatoms. The zero-order valence-electron chi connectivity index (χ0n) is 34.0. The molecule has 0 aromatic rings. The van der Waals surface area contributed by atoms with Gasteiger partial charge in [0.2, 0.25) is 0 Å². The van der Waals surface area contributed by atoms with Crippen LogP contribution in [0.2, 0.25) is 0 Å². The summed E-state index contributed by atoms with van der Waals surface area (Å²) in [5.74, 6) is 0.151. The van der Waals surface area contributed by atoms with Crippen LogP contribution in [0.4, 0.5) is 0 Å². The molecule has 0 amide bonds. The molecule has 1 aliphatic carbocycles. The van der Waals surface area contributed by atoms with E-state index in [0.717, 1.165) is 30.2 Å². The maximum Gasteiger partial charge on any atom is 0.171 e. The van der Waals surface area contributed by atoms with Gasteiger partial charge in [0, 0.05) is 25.2 Å². The molecule has 0 N–H and O–H groups in total. The molecule has 1 saturated heterocycles. The molecule has 0 spiro atoms. The summed E-state index contributed by atoms with van der Waals surface area (Å²) in [6.45, 7) is 7.02. The lowest BCUT2D eigenvalue weighted by Gasteiger charge is -2.37. The second-order valence-electron chi connectivity index (χ2n) is 17.0. The predicted molar refractivity (Wildman–Crippen MR) is 212 cm³/mol. The van der Waals surface area contributed by atoms with Crippen LogP contribution in [0.5, 0.6) is 0 Å². The topological polar surface area (TPSA) is 18.5 Å². The molecule has 49 heavy (non-hydrogen) atoms. The quantitative estimate of drug-likeness (QED) is 0.0394. The number of fused-ring (bicyclic) bond motifs is 1. The molecule has 0 aromatic carbocycles. The molecular formula is C45H86ClNO2. The highest BCUT2D eigenvalue weighted by molar-refractivity contribution is 4.96. The fourth-order valence-corrected chi connectivity index (χ4v) is 8.18.